The summed E-state index contributed by atoms with van der Waals surface area (Å²) in [6, 6.07) is 3.80. The highest BCUT2D eigenvalue weighted by Crippen LogP contribution is 2.11. The number of carbonyl (C=O) groups excluding carboxylic acids is 1. The molecule has 0 radical (unpaired) electrons. The van der Waals surface area contributed by atoms with Gasteiger partial charge in [0.15, 0.2) is 5.11 Å². The summed E-state index contributed by atoms with van der Waals surface area (Å²) in [4.78, 5) is 17.0. The topological polar surface area (TPSA) is 71.2 Å². The maximum Gasteiger partial charge on any atom is 0.229 e. The number of carbonyl (C=O) groups is 1. The Morgan fingerprint density at radius 2 is 2.50 bits per heavy atom. The van der Waals surface area contributed by atoms with Crippen molar-refractivity contribution in [2.24, 2.45) is 5.73 Å². The zero-order chi connectivity index (χ0) is 11.5. The third-order valence-corrected chi connectivity index (χ3v) is 2.71. The minimum absolute atomic E-state index is 0.125. The summed E-state index contributed by atoms with van der Waals surface area (Å²) < 4.78 is 0. The lowest BCUT2D eigenvalue weighted by Gasteiger charge is -2.34. The Balaban J connectivity index is 2.09. The maximum atomic E-state index is 11.2. The molecule has 1 aromatic rings. The van der Waals surface area contributed by atoms with Crippen molar-refractivity contribution >= 4 is 23.2 Å². The van der Waals surface area contributed by atoms with E-state index >= 15 is 0 Å². The normalized spacial score (nSPS) is 20.8. The van der Waals surface area contributed by atoms with Crippen LogP contribution in [0.3, 0.4) is 0 Å². The number of amides is 1. The molecule has 84 valence electrons. The molecule has 1 atom stereocenters. The van der Waals surface area contributed by atoms with Gasteiger partial charge in [0.25, 0.3) is 0 Å². The SMILES string of the molecule is NC1CC(=O)NC(=S)N1Cc1cccnc1. The summed E-state index contributed by atoms with van der Waals surface area (Å²) in [5.74, 6) is -0.125. The van der Waals surface area contributed by atoms with E-state index in [1.807, 2.05) is 12.1 Å². The molecule has 0 aromatic carbocycles. The lowest BCUT2D eigenvalue weighted by molar-refractivity contribution is -0.121. The van der Waals surface area contributed by atoms with Gasteiger partial charge in [0.05, 0.1) is 12.6 Å². The van der Waals surface area contributed by atoms with Crippen molar-refractivity contribution in [3.05, 3.63) is 30.1 Å². The molecule has 1 aliphatic rings. The number of aromatic nitrogens is 1. The molecule has 1 saturated heterocycles. The molecule has 2 heterocycles. The predicted molar refractivity (Wildman–Crippen MR) is 63.1 cm³/mol. The summed E-state index contributed by atoms with van der Waals surface area (Å²) >= 11 is 5.07. The molecule has 1 aliphatic heterocycles. The monoisotopic (exact) mass is 236 g/mol. The zero-order valence-electron chi connectivity index (χ0n) is 8.59. The van der Waals surface area contributed by atoms with Crippen LogP contribution in [0.4, 0.5) is 0 Å². The van der Waals surface area contributed by atoms with E-state index in [0.29, 0.717) is 11.7 Å². The van der Waals surface area contributed by atoms with Crippen LogP contribution in [0.1, 0.15) is 12.0 Å². The van der Waals surface area contributed by atoms with Gasteiger partial charge in [0, 0.05) is 18.9 Å². The lowest BCUT2D eigenvalue weighted by atomic mass is 10.2. The first-order chi connectivity index (χ1) is 7.66. The first-order valence-electron chi connectivity index (χ1n) is 4.92. The molecular weight excluding hydrogens is 224 g/mol. The molecule has 1 amide bonds. The first-order valence-corrected chi connectivity index (χ1v) is 5.32. The van der Waals surface area contributed by atoms with Crippen LogP contribution < -0.4 is 11.1 Å². The molecular formula is C10H12N4OS. The number of hydrogen-bond acceptors (Lipinski definition) is 4. The van der Waals surface area contributed by atoms with Gasteiger partial charge in [-0.3, -0.25) is 9.78 Å². The van der Waals surface area contributed by atoms with Crippen LogP contribution >= 0.6 is 12.2 Å². The smallest absolute Gasteiger partial charge is 0.229 e. The van der Waals surface area contributed by atoms with Gasteiger partial charge in [-0.2, -0.15) is 0 Å². The molecule has 5 nitrogen and oxygen atoms in total. The molecule has 0 bridgehead atoms. The van der Waals surface area contributed by atoms with Crippen molar-refractivity contribution in [2.75, 3.05) is 0 Å². The van der Waals surface area contributed by atoms with Gasteiger partial charge in [-0.15, -0.1) is 0 Å². The minimum Gasteiger partial charge on any atom is -0.329 e. The van der Waals surface area contributed by atoms with Crippen LogP contribution in [-0.2, 0) is 11.3 Å². The molecule has 3 N–H and O–H groups in total. The molecule has 2 rings (SSSR count). The molecule has 0 saturated carbocycles. The average Bonchev–Trinajstić information content (AvgIpc) is 2.25. The second-order valence-corrected chi connectivity index (χ2v) is 4.00. The largest absolute Gasteiger partial charge is 0.329 e. The summed E-state index contributed by atoms with van der Waals surface area (Å²) in [5.41, 5.74) is 6.88. The fourth-order valence-corrected chi connectivity index (χ4v) is 1.88. The van der Waals surface area contributed by atoms with Crippen LogP contribution in [0.15, 0.2) is 24.5 Å². The highest BCUT2D eigenvalue weighted by atomic mass is 32.1. The van der Waals surface area contributed by atoms with E-state index in [9.17, 15) is 4.79 Å². The average molecular weight is 236 g/mol. The van der Waals surface area contributed by atoms with Crippen molar-refractivity contribution in [2.45, 2.75) is 19.1 Å². The second-order valence-electron chi connectivity index (χ2n) is 3.61. The Hall–Kier alpha value is -1.53. The van der Waals surface area contributed by atoms with Crippen LogP contribution in [0.5, 0.6) is 0 Å². The summed E-state index contributed by atoms with van der Waals surface area (Å²) in [5, 5.41) is 2.98. The van der Waals surface area contributed by atoms with Crippen molar-refractivity contribution in [3.8, 4) is 0 Å². The van der Waals surface area contributed by atoms with Crippen LogP contribution in [0.25, 0.3) is 0 Å². The number of rotatable bonds is 2. The molecule has 0 spiro atoms. The molecule has 1 aromatic heterocycles. The Morgan fingerprint density at radius 1 is 1.69 bits per heavy atom. The van der Waals surface area contributed by atoms with E-state index in [0.717, 1.165) is 5.56 Å². The fraction of sp³-hybridized carbons (Fsp3) is 0.300. The zero-order valence-corrected chi connectivity index (χ0v) is 9.41. The van der Waals surface area contributed by atoms with Crippen molar-refractivity contribution in [1.82, 2.24) is 15.2 Å². The first kappa shape index (κ1) is 11.0. The Morgan fingerprint density at radius 3 is 3.12 bits per heavy atom. The highest BCUT2D eigenvalue weighted by Gasteiger charge is 2.26. The van der Waals surface area contributed by atoms with Gasteiger partial charge >= 0.3 is 0 Å². The van der Waals surface area contributed by atoms with Gasteiger partial charge in [-0.25, -0.2) is 0 Å². The Kier molecular flexibility index (Phi) is 3.12. The summed E-state index contributed by atoms with van der Waals surface area (Å²) in [7, 11) is 0. The van der Waals surface area contributed by atoms with Crippen molar-refractivity contribution in [3.63, 3.8) is 0 Å². The summed E-state index contributed by atoms with van der Waals surface area (Å²) in [6.45, 7) is 0.564. The third-order valence-electron chi connectivity index (χ3n) is 2.38. The standard InChI is InChI=1S/C10H12N4OS/c11-8-4-9(15)13-10(16)14(8)6-7-2-1-3-12-5-7/h1-3,5,8H,4,6,11H2,(H,13,15,16). The minimum atomic E-state index is -0.360. The Labute approximate surface area is 98.6 Å². The van der Waals surface area contributed by atoms with Crippen LogP contribution in [0, 0.1) is 0 Å². The van der Waals surface area contributed by atoms with E-state index in [1.54, 1.807) is 17.3 Å². The lowest BCUT2D eigenvalue weighted by Crippen LogP contribution is -2.57. The van der Waals surface area contributed by atoms with Crippen molar-refractivity contribution < 1.29 is 4.79 Å². The molecule has 1 fully saturated rings. The van der Waals surface area contributed by atoms with E-state index < -0.39 is 0 Å². The van der Waals surface area contributed by atoms with Crippen LogP contribution in [-0.4, -0.2) is 27.1 Å². The summed E-state index contributed by atoms with van der Waals surface area (Å²) in [6.07, 6.45) is 3.37. The number of thiocarbonyl (C=S) groups is 1. The molecule has 0 aliphatic carbocycles. The van der Waals surface area contributed by atoms with E-state index in [2.05, 4.69) is 10.3 Å². The third kappa shape index (κ3) is 2.34. The molecule has 1 unspecified atom stereocenters. The van der Waals surface area contributed by atoms with E-state index in [-0.39, 0.29) is 18.5 Å². The number of nitrogens with zero attached hydrogens (tertiary/aromatic N) is 2. The molecule has 6 heteroatoms. The van der Waals surface area contributed by atoms with E-state index in [4.69, 9.17) is 18.0 Å². The number of nitrogens with two attached hydrogens (primary N) is 1. The van der Waals surface area contributed by atoms with Crippen LogP contribution in [0.2, 0.25) is 0 Å². The predicted octanol–water partition coefficient (Wildman–Crippen LogP) is -0.0268. The fourth-order valence-electron chi connectivity index (χ4n) is 1.57. The van der Waals surface area contributed by atoms with E-state index in [1.165, 1.54) is 0 Å². The number of hydrogen-bond donors (Lipinski definition) is 2. The quantitative estimate of drug-likeness (QED) is 0.706. The highest BCUT2D eigenvalue weighted by molar-refractivity contribution is 7.80. The van der Waals surface area contributed by atoms with Gasteiger partial charge in [-0.1, -0.05) is 6.07 Å². The molecule has 16 heavy (non-hydrogen) atoms. The van der Waals surface area contributed by atoms with Gasteiger partial charge in [0.2, 0.25) is 5.91 Å². The Bertz CT molecular complexity index is 409. The van der Waals surface area contributed by atoms with Gasteiger partial charge in [0.1, 0.15) is 0 Å². The number of nitrogens with one attached hydrogen (secondary N) is 1. The maximum absolute atomic E-state index is 11.2. The van der Waals surface area contributed by atoms with Gasteiger partial charge in [-0.05, 0) is 23.8 Å². The van der Waals surface area contributed by atoms with Crippen molar-refractivity contribution in [1.29, 1.82) is 0 Å². The number of pyridine rings is 1. The second kappa shape index (κ2) is 4.54. The van der Waals surface area contributed by atoms with Gasteiger partial charge < -0.3 is 16.0 Å².